The summed E-state index contributed by atoms with van der Waals surface area (Å²) in [6, 6.07) is 0.0221. The van der Waals surface area contributed by atoms with Gasteiger partial charge in [-0.15, -0.1) is 0 Å². The van der Waals surface area contributed by atoms with Crippen molar-refractivity contribution in [3.63, 3.8) is 0 Å². The van der Waals surface area contributed by atoms with E-state index in [-0.39, 0.29) is 18.5 Å². The van der Waals surface area contributed by atoms with Gasteiger partial charge >= 0.3 is 12.0 Å². The molecule has 104 valence electrons. The molecule has 0 aromatic heterocycles. The quantitative estimate of drug-likeness (QED) is 0.765. The summed E-state index contributed by atoms with van der Waals surface area (Å²) in [5.41, 5.74) is -0.511. The molecular weight excluding hydrogens is 232 g/mol. The van der Waals surface area contributed by atoms with Crippen LogP contribution in [0.15, 0.2) is 0 Å². The molecule has 2 amide bonds. The first-order chi connectivity index (χ1) is 8.40. The molecule has 0 aromatic carbocycles. The van der Waals surface area contributed by atoms with Crippen molar-refractivity contribution >= 4 is 12.0 Å². The Hall–Kier alpha value is -1.26. The second kappa shape index (κ2) is 6.07. The predicted octanol–water partition coefficient (Wildman–Crippen LogP) is 2.21. The highest BCUT2D eigenvalue weighted by Crippen LogP contribution is 2.35. The third kappa shape index (κ3) is 3.62. The largest absolute Gasteiger partial charge is 0.481 e. The van der Waals surface area contributed by atoms with Crippen LogP contribution in [-0.2, 0) is 4.79 Å². The maximum Gasteiger partial charge on any atom is 0.317 e. The Morgan fingerprint density at radius 1 is 1.44 bits per heavy atom. The van der Waals surface area contributed by atoms with E-state index in [1.54, 1.807) is 11.9 Å². The molecule has 0 radical (unpaired) electrons. The number of urea groups is 1. The van der Waals surface area contributed by atoms with Crippen LogP contribution < -0.4 is 5.32 Å². The SMILES string of the molecule is CCCC(C)N(C)C(=O)NC1(CC(=O)O)CCC1. The number of nitrogens with one attached hydrogen (secondary N) is 1. The zero-order valence-electron chi connectivity index (χ0n) is 11.5. The van der Waals surface area contributed by atoms with E-state index in [1.807, 2.05) is 6.92 Å². The van der Waals surface area contributed by atoms with Crippen molar-refractivity contribution in [1.29, 1.82) is 0 Å². The number of hydrogen-bond acceptors (Lipinski definition) is 2. The number of carbonyl (C=O) groups excluding carboxylic acids is 1. The van der Waals surface area contributed by atoms with Gasteiger partial charge in [0.2, 0.25) is 0 Å². The molecule has 1 aliphatic rings. The van der Waals surface area contributed by atoms with E-state index in [1.165, 1.54) is 0 Å². The first-order valence-corrected chi connectivity index (χ1v) is 6.67. The van der Waals surface area contributed by atoms with Crippen LogP contribution in [0.4, 0.5) is 4.79 Å². The summed E-state index contributed by atoms with van der Waals surface area (Å²) in [5.74, 6) is -0.848. The number of aliphatic carboxylic acids is 1. The van der Waals surface area contributed by atoms with Crippen LogP contribution in [-0.4, -0.2) is 40.6 Å². The van der Waals surface area contributed by atoms with E-state index in [0.717, 1.165) is 32.1 Å². The van der Waals surface area contributed by atoms with Crippen molar-refractivity contribution in [2.24, 2.45) is 0 Å². The highest BCUT2D eigenvalue weighted by atomic mass is 16.4. The van der Waals surface area contributed by atoms with Crippen LogP contribution in [0, 0.1) is 0 Å². The second-order valence-electron chi connectivity index (χ2n) is 5.38. The molecule has 2 N–H and O–H groups in total. The summed E-state index contributed by atoms with van der Waals surface area (Å²) in [7, 11) is 1.77. The summed E-state index contributed by atoms with van der Waals surface area (Å²) in [6.45, 7) is 4.09. The lowest BCUT2D eigenvalue weighted by molar-refractivity contribution is -0.139. The molecule has 5 nitrogen and oxygen atoms in total. The molecule has 1 unspecified atom stereocenters. The average Bonchev–Trinajstić information content (AvgIpc) is 2.24. The van der Waals surface area contributed by atoms with Gasteiger partial charge in [-0.25, -0.2) is 4.79 Å². The van der Waals surface area contributed by atoms with Gasteiger partial charge in [-0.1, -0.05) is 13.3 Å². The van der Waals surface area contributed by atoms with Crippen molar-refractivity contribution in [1.82, 2.24) is 10.2 Å². The van der Waals surface area contributed by atoms with E-state index in [9.17, 15) is 9.59 Å². The van der Waals surface area contributed by atoms with Crippen molar-refractivity contribution in [2.75, 3.05) is 7.05 Å². The highest BCUT2D eigenvalue weighted by molar-refractivity contribution is 5.77. The molecule has 0 saturated heterocycles. The van der Waals surface area contributed by atoms with Gasteiger partial charge in [0.05, 0.1) is 12.0 Å². The molecule has 1 fully saturated rings. The monoisotopic (exact) mass is 256 g/mol. The smallest absolute Gasteiger partial charge is 0.317 e. The third-order valence-corrected chi connectivity index (χ3v) is 3.86. The summed E-state index contributed by atoms with van der Waals surface area (Å²) in [5, 5.41) is 11.8. The summed E-state index contributed by atoms with van der Waals surface area (Å²) < 4.78 is 0. The molecule has 1 atom stereocenters. The molecule has 0 aliphatic heterocycles. The first-order valence-electron chi connectivity index (χ1n) is 6.67. The zero-order chi connectivity index (χ0) is 13.8. The van der Waals surface area contributed by atoms with Crippen LogP contribution in [0.25, 0.3) is 0 Å². The van der Waals surface area contributed by atoms with Crippen molar-refractivity contribution < 1.29 is 14.7 Å². The van der Waals surface area contributed by atoms with Crippen molar-refractivity contribution in [3.05, 3.63) is 0 Å². The lowest BCUT2D eigenvalue weighted by Crippen LogP contribution is -2.58. The average molecular weight is 256 g/mol. The summed E-state index contributed by atoms with van der Waals surface area (Å²) in [6.07, 6.45) is 4.52. The number of nitrogens with zero attached hydrogens (tertiary/aromatic N) is 1. The third-order valence-electron chi connectivity index (χ3n) is 3.86. The van der Waals surface area contributed by atoms with E-state index in [0.29, 0.717) is 0 Å². The maximum atomic E-state index is 12.1. The van der Waals surface area contributed by atoms with Crippen LogP contribution in [0.2, 0.25) is 0 Å². The number of carbonyl (C=O) groups is 2. The second-order valence-corrected chi connectivity index (χ2v) is 5.38. The number of amides is 2. The zero-order valence-corrected chi connectivity index (χ0v) is 11.5. The fraction of sp³-hybridized carbons (Fsp3) is 0.846. The van der Waals surface area contributed by atoms with Gasteiger partial charge in [-0.05, 0) is 32.6 Å². The van der Waals surface area contributed by atoms with Gasteiger partial charge in [0.1, 0.15) is 0 Å². The Morgan fingerprint density at radius 2 is 2.06 bits per heavy atom. The van der Waals surface area contributed by atoms with E-state index >= 15 is 0 Å². The van der Waals surface area contributed by atoms with Gasteiger partial charge in [0.25, 0.3) is 0 Å². The van der Waals surface area contributed by atoms with Gasteiger partial charge in [0, 0.05) is 13.1 Å². The van der Waals surface area contributed by atoms with Gasteiger partial charge < -0.3 is 15.3 Å². The Balaban J connectivity index is 2.54. The van der Waals surface area contributed by atoms with E-state index in [4.69, 9.17) is 5.11 Å². The highest BCUT2D eigenvalue weighted by Gasteiger charge is 2.41. The van der Waals surface area contributed by atoms with Crippen LogP contribution in [0.1, 0.15) is 52.4 Å². The van der Waals surface area contributed by atoms with Crippen LogP contribution >= 0.6 is 0 Å². The number of rotatable bonds is 6. The molecule has 1 rings (SSSR count). The Kier molecular flexibility index (Phi) is 4.99. The fourth-order valence-corrected chi connectivity index (χ4v) is 2.37. The van der Waals surface area contributed by atoms with E-state index in [2.05, 4.69) is 12.2 Å². The van der Waals surface area contributed by atoms with Crippen LogP contribution in [0.5, 0.6) is 0 Å². The van der Waals surface area contributed by atoms with Crippen LogP contribution in [0.3, 0.4) is 0 Å². The minimum atomic E-state index is -0.848. The minimum absolute atomic E-state index is 0.0226. The van der Waals surface area contributed by atoms with Crippen molar-refractivity contribution in [3.8, 4) is 0 Å². The van der Waals surface area contributed by atoms with Gasteiger partial charge in [0.15, 0.2) is 0 Å². The Morgan fingerprint density at radius 3 is 2.44 bits per heavy atom. The van der Waals surface area contributed by atoms with E-state index < -0.39 is 11.5 Å². The fourth-order valence-electron chi connectivity index (χ4n) is 2.37. The molecule has 5 heteroatoms. The Labute approximate surface area is 109 Å². The number of carboxylic acid groups (broad SMARTS) is 1. The minimum Gasteiger partial charge on any atom is -0.481 e. The van der Waals surface area contributed by atoms with Crippen molar-refractivity contribution in [2.45, 2.75) is 64.0 Å². The predicted molar refractivity (Wildman–Crippen MR) is 69.5 cm³/mol. The Bertz CT molecular complexity index is 313. The van der Waals surface area contributed by atoms with Gasteiger partial charge in [-0.2, -0.15) is 0 Å². The summed E-state index contributed by atoms with van der Waals surface area (Å²) >= 11 is 0. The molecular formula is C13H24N2O3. The topological polar surface area (TPSA) is 69.6 Å². The molecule has 1 aliphatic carbocycles. The molecule has 0 spiro atoms. The molecule has 1 saturated carbocycles. The molecule has 18 heavy (non-hydrogen) atoms. The van der Waals surface area contributed by atoms with Gasteiger partial charge in [-0.3, -0.25) is 4.79 Å². The number of hydrogen-bond donors (Lipinski definition) is 2. The summed E-state index contributed by atoms with van der Waals surface area (Å²) in [4.78, 5) is 24.6. The molecule has 0 aromatic rings. The maximum absolute atomic E-state index is 12.1. The normalized spacial score (nSPS) is 18.6. The molecule has 0 bridgehead atoms. The lowest BCUT2D eigenvalue weighted by Gasteiger charge is -2.43. The number of carboxylic acids is 1. The molecule has 0 heterocycles. The lowest BCUT2D eigenvalue weighted by atomic mass is 9.74. The first kappa shape index (κ1) is 14.8. The standard InChI is InChI=1S/C13H24N2O3/c1-4-6-10(2)15(3)12(18)14-13(7-5-8-13)9-11(16)17/h10H,4-9H2,1-3H3,(H,14,18)(H,16,17).